The van der Waals surface area contributed by atoms with E-state index in [-0.39, 0.29) is 0 Å². The van der Waals surface area contributed by atoms with Crippen molar-refractivity contribution in [3.05, 3.63) is 66.5 Å². The minimum atomic E-state index is 0.429. The molecule has 3 aromatic heterocycles. The summed E-state index contributed by atoms with van der Waals surface area (Å²) in [6, 6.07) is 12.0. The first kappa shape index (κ1) is 16.7. The summed E-state index contributed by atoms with van der Waals surface area (Å²) in [5.74, 6) is 2.55. The van der Waals surface area contributed by atoms with E-state index in [4.69, 9.17) is 8.94 Å². The van der Waals surface area contributed by atoms with Gasteiger partial charge in [0.2, 0.25) is 11.7 Å². The second-order valence-corrected chi connectivity index (χ2v) is 7.01. The third-order valence-corrected chi connectivity index (χ3v) is 4.91. The first-order valence-electron chi connectivity index (χ1n) is 8.34. The Labute approximate surface area is 155 Å². The van der Waals surface area contributed by atoms with Crippen LogP contribution in [0.3, 0.4) is 0 Å². The summed E-state index contributed by atoms with van der Waals surface area (Å²) in [7, 11) is 0. The van der Waals surface area contributed by atoms with E-state index in [2.05, 4.69) is 51.7 Å². The monoisotopic (exact) mass is 366 g/mol. The number of benzene rings is 1. The molecule has 0 fully saturated rings. The van der Waals surface area contributed by atoms with Crippen LogP contribution in [-0.4, -0.2) is 19.7 Å². The summed E-state index contributed by atoms with van der Waals surface area (Å²) in [5, 5.41) is 4.84. The highest BCUT2D eigenvalue weighted by molar-refractivity contribution is 7.98. The molecule has 0 saturated carbocycles. The number of rotatable bonds is 6. The van der Waals surface area contributed by atoms with Gasteiger partial charge in [-0.2, -0.15) is 4.98 Å². The number of hydrogen-bond acceptors (Lipinski definition) is 6. The van der Waals surface area contributed by atoms with Crippen LogP contribution in [0, 0.1) is 0 Å². The molecule has 26 heavy (non-hydrogen) atoms. The lowest BCUT2D eigenvalue weighted by molar-refractivity contribution is 0.390. The molecule has 0 aliphatic heterocycles. The second kappa shape index (κ2) is 7.21. The molecule has 3 heterocycles. The molecule has 0 aliphatic carbocycles. The first-order valence-corrected chi connectivity index (χ1v) is 9.33. The molecule has 4 aromatic rings. The van der Waals surface area contributed by atoms with E-state index in [1.165, 1.54) is 5.56 Å². The molecule has 0 aliphatic rings. The Morgan fingerprint density at radius 3 is 2.85 bits per heavy atom. The van der Waals surface area contributed by atoms with E-state index in [9.17, 15) is 0 Å². The van der Waals surface area contributed by atoms with Crippen molar-refractivity contribution in [2.24, 2.45) is 0 Å². The SMILES string of the molecule is CC(C)c1ccccc1-n1ccnc1SCc1nc(-c2ccco2)no1. The minimum Gasteiger partial charge on any atom is -0.461 e. The van der Waals surface area contributed by atoms with E-state index in [1.807, 2.05) is 18.5 Å². The molecular weight excluding hydrogens is 348 g/mol. The van der Waals surface area contributed by atoms with Gasteiger partial charge in [-0.05, 0) is 29.7 Å². The fourth-order valence-corrected chi connectivity index (χ4v) is 3.52. The van der Waals surface area contributed by atoms with Crippen molar-refractivity contribution in [1.29, 1.82) is 0 Å². The molecule has 0 radical (unpaired) electrons. The molecule has 0 N–H and O–H groups in total. The van der Waals surface area contributed by atoms with Crippen LogP contribution in [0.15, 0.2) is 69.2 Å². The van der Waals surface area contributed by atoms with Crippen molar-refractivity contribution in [3.8, 4) is 17.3 Å². The lowest BCUT2D eigenvalue weighted by Gasteiger charge is -2.14. The first-order chi connectivity index (χ1) is 12.7. The Balaban J connectivity index is 1.54. The van der Waals surface area contributed by atoms with E-state index >= 15 is 0 Å². The molecule has 1 aromatic carbocycles. The van der Waals surface area contributed by atoms with Crippen LogP contribution in [-0.2, 0) is 5.75 Å². The summed E-state index contributed by atoms with van der Waals surface area (Å²) in [6.45, 7) is 4.38. The van der Waals surface area contributed by atoms with E-state index in [0.717, 1.165) is 10.8 Å². The molecular formula is C19H18N4O2S. The molecule has 132 valence electrons. The predicted molar refractivity (Wildman–Crippen MR) is 99.2 cm³/mol. The maximum absolute atomic E-state index is 5.32. The molecule has 6 nitrogen and oxygen atoms in total. The van der Waals surface area contributed by atoms with Crippen LogP contribution in [0.4, 0.5) is 0 Å². The highest BCUT2D eigenvalue weighted by Gasteiger charge is 2.15. The fourth-order valence-electron chi connectivity index (χ4n) is 2.72. The molecule has 0 amide bonds. The van der Waals surface area contributed by atoms with Gasteiger partial charge >= 0.3 is 0 Å². The van der Waals surface area contributed by atoms with Crippen LogP contribution in [0.25, 0.3) is 17.3 Å². The zero-order valence-corrected chi connectivity index (χ0v) is 15.3. The number of nitrogens with zero attached hydrogens (tertiary/aromatic N) is 4. The molecule has 4 rings (SSSR count). The lowest BCUT2D eigenvalue weighted by Crippen LogP contribution is -2.01. The van der Waals surface area contributed by atoms with Gasteiger partial charge < -0.3 is 8.94 Å². The summed E-state index contributed by atoms with van der Waals surface area (Å²) in [6.07, 6.45) is 5.37. The third-order valence-electron chi connectivity index (χ3n) is 3.96. The third kappa shape index (κ3) is 3.30. The van der Waals surface area contributed by atoms with Gasteiger partial charge in [-0.1, -0.05) is 49.0 Å². The van der Waals surface area contributed by atoms with E-state index < -0.39 is 0 Å². The van der Waals surface area contributed by atoms with Crippen molar-refractivity contribution < 1.29 is 8.94 Å². The summed E-state index contributed by atoms with van der Waals surface area (Å²) in [5.41, 5.74) is 2.43. The Bertz CT molecular complexity index is 989. The topological polar surface area (TPSA) is 69.9 Å². The average molecular weight is 366 g/mol. The number of para-hydroxylation sites is 1. The Morgan fingerprint density at radius 2 is 2.04 bits per heavy atom. The predicted octanol–water partition coefficient (Wildman–Crippen LogP) is 4.93. The lowest BCUT2D eigenvalue weighted by atomic mass is 10.0. The minimum absolute atomic E-state index is 0.429. The summed E-state index contributed by atoms with van der Waals surface area (Å²) in [4.78, 5) is 8.85. The van der Waals surface area contributed by atoms with Crippen LogP contribution in [0.2, 0.25) is 0 Å². The Hall–Kier alpha value is -2.80. The Morgan fingerprint density at radius 1 is 1.15 bits per heavy atom. The Kier molecular flexibility index (Phi) is 4.62. The number of hydrogen-bond donors (Lipinski definition) is 0. The molecule has 0 unspecified atom stereocenters. The average Bonchev–Trinajstić information content (AvgIpc) is 3.40. The highest BCUT2D eigenvalue weighted by atomic mass is 32.2. The van der Waals surface area contributed by atoms with Crippen LogP contribution in [0.1, 0.15) is 31.2 Å². The van der Waals surface area contributed by atoms with Gasteiger partial charge in [0.1, 0.15) is 0 Å². The molecule has 0 atom stereocenters. The van der Waals surface area contributed by atoms with Gasteiger partial charge in [0.15, 0.2) is 10.9 Å². The van der Waals surface area contributed by atoms with Gasteiger partial charge in [0.25, 0.3) is 0 Å². The highest BCUT2D eigenvalue weighted by Crippen LogP contribution is 2.28. The fraction of sp³-hybridized carbons (Fsp3) is 0.211. The van der Waals surface area contributed by atoms with Gasteiger partial charge in [0, 0.05) is 12.4 Å². The number of aromatic nitrogens is 4. The van der Waals surface area contributed by atoms with Gasteiger partial charge in [-0.15, -0.1) is 0 Å². The smallest absolute Gasteiger partial charge is 0.238 e. The van der Waals surface area contributed by atoms with E-state index in [1.54, 1.807) is 30.2 Å². The van der Waals surface area contributed by atoms with Crippen molar-refractivity contribution in [2.75, 3.05) is 0 Å². The molecule has 7 heteroatoms. The van der Waals surface area contributed by atoms with Gasteiger partial charge in [-0.25, -0.2) is 4.98 Å². The normalized spacial score (nSPS) is 11.3. The van der Waals surface area contributed by atoms with Crippen LogP contribution in [0.5, 0.6) is 0 Å². The van der Waals surface area contributed by atoms with Crippen LogP contribution < -0.4 is 0 Å². The number of imidazole rings is 1. The quantitative estimate of drug-likeness (QED) is 0.451. The maximum atomic E-state index is 5.32. The standard InChI is InChI=1S/C19H18N4O2S/c1-13(2)14-6-3-4-7-15(14)23-10-9-20-19(23)26-12-17-21-18(22-25-17)16-8-5-11-24-16/h3-11,13H,12H2,1-2H3. The largest absolute Gasteiger partial charge is 0.461 e. The van der Waals surface area contributed by atoms with E-state index in [0.29, 0.717) is 29.1 Å². The van der Waals surface area contributed by atoms with Gasteiger partial charge in [0.05, 0.1) is 17.7 Å². The zero-order valence-electron chi connectivity index (χ0n) is 14.5. The molecule has 0 bridgehead atoms. The van der Waals surface area contributed by atoms with Crippen molar-refractivity contribution in [1.82, 2.24) is 19.7 Å². The zero-order chi connectivity index (χ0) is 17.9. The van der Waals surface area contributed by atoms with Gasteiger partial charge in [-0.3, -0.25) is 4.57 Å². The number of thioether (sulfide) groups is 1. The van der Waals surface area contributed by atoms with Crippen molar-refractivity contribution in [2.45, 2.75) is 30.7 Å². The molecule has 0 saturated heterocycles. The van der Waals surface area contributed by atoms with Crippen molar-refractivity contribution in [3.63, 3.8) is 0 Å². The van der Waals surface area contributed by atoms with Crippen LogP contribution >= 0.6 is 11.8 Å². The summed E-state index contributed by atoms with van der Waals surface area (Å²) < 4.78 is 12.7. The number of furan rings is 1. The van der Waals surface area contributed by atoms with Crippen molar-refractivity contribution >= 4 is 11.8 Å². The summed E-state index contributed by atoms with van der Waals surface area (Å²) >= 11 is 1.56. The second-order valence-electron chi connectivity index (χ2n) is 6.07. The molecule has 0 spiro atoms. The maximum Gasteiger partial charge on any atom is 0.238 e.